The molecule has 1 saturated heterocycles. The molecule has 1 aromatic heterocycles. The van der Waals surface area contributed by atoms with Gasteiger partial charge in [0, 0.05) is 42.8 Å². The van der Waals surface area contributed by atoms with Gasteiger partial charge in [-0.3, -0.25) is 4.79 Å². The number of anilines is 1. The number of carbonyl (C=O) groups excluding carboxylic acids is 1. The maximum atomic E-state index is 13.1. The van der Waals surface area contributed by atoms with Crippen molar-refractivity contribution in [3.8, 4) is 5.75 Å². The Morgan fingerprint density at radius 1 is 1.10 bits per heavy atom. The van der Waals surface area contributed by atoms with Crippen molar-refractivity contribution in [3.05, 3.63) is 59.4 Å². The number of halogens is 3. The summed E-state index contributed by atoms with van der Waals surface area (Å²) in [7, 11) is 0. The van der Waals surface area contributed by atoms with Crippen LogP contribution in [0, 0.1) is 6.92 Å². The van der Waals surface area contributed by atoms with Crippen LogP contribution >= 0.6 is 0 Å². The zero-order chi connectivity index (χ0) is 22.2. The van der Waals surface area contributed by atoms with Crippen LogP contribution in [0.15, 0.2) is 46.9 Å². The van der Waals surface area contributed by atoms with Crippen LogP contribution in [0.2, 0.25) is 0 Å². The molecular weight excluding hydrogens is 409 g/mol. The van der Waals surface area contributed by atoms with Gasteiger partial charge in [0.1, 0.15) is 11.3 Å². The first-order valence-corrected chi connectivity index (χ1v) is 10.2. The van der Waals surface area contributed by atoms with Gasteiger partial charge in [-0.2, -0.15) is 13.2 Å². The fraction of sp³-hybridized carbons (Fsp3) is 0.348. The SMILES string of the molecule is CCOc1ccc2oc(C(=O)N3CCN(c4cccc(C(F)(F)F)c4)CC3)c(C)c2c1. The standard InChI is InChI=1S/C23H23F3N2O3/c1-3-30-18-7-8-20-19(14-18)15(2)21(31-20)22(29)28-11-9-27(10-12-28)17-6-4-5-16(13-17)23(24,25)26/h4-8,13-14H,3,9-12H2,1-2H3. The molecule has 1 aliphatic rings. The van der Waals surface area contributed by atoms with Crippen LogP contribution in [-0.4, -0.2) is 43.6 Å². The van der Waals surface area contributed by atoms with Gasteiger partial charge >= 0.3 is 6.18 Å². The normalized spacial score (nSPS) is 14.9. The molecule has 2 heterocycles. The lowest BCUT2D eigenvalue weighted by molar-refractivity contribution is -0.137. The van der Waals surface area contributed by atoms with Crippen LogP contribution < -0.4 is 9.64 Å². The summed E-state index contributed by atoms with van der Waals surface area (Å²) in [5, 5.41) is 0.830. The second-order valence-electron chi connectivity index (χ2n) is 7.47. The molecule has 5 nitrogen and oxygen atoms in total. The first-order valence-electron chi connectivity index (χ1n) is 10.2. The average molecular weight is 432 g/mol. The van der Waals surface area contributed by atoms with E-state index < -0.39 is 11.7 Å². The monoisotopic (exact) mass is 432 g/mol. The number of ether oxygens (including phenoxy) is 1. The largest absolute Gasteiger partial charge is 0.494 e. The maximum absolute atomic E-state index is 13.1. The number of benzene rings is 2. The summed E-state index contributed by atoms with van der Waals surface area (Å²) in [6.07, 6.45) is -4.38. The highest BCUT2D eigenvalue weighted by molar-refractivity contribution is 5.99. The minimum atomic E-state index is -4.38. The van der Waals surface area contributed by atoms with E-state index in [2.05, 4.69) is 0 Å². The minimum Gasteiger partial charge on any atom is -0.494 e. The number of amides is 1. The van der Waals surface area contributed by atoms with Crippen LogP contribution in [0.1, 0.15) is 28.6 Å². The van der Waals surface area contributed by atoms with E-state index in [-0.39, 0.29) is 11.7 Å². The van der Waals surface area contributed by atoms with Gasteiger partial charge < -0.3 is 19.0 Å². The van der Waals surface area contributed by atoms with E-state index in [9.17, 15) is 18.0 Å². The number of rotatable bonds is 4. The Bertz CT molecular complexity index is 1100. The Hall–Kier alpha value is -3.16. The average Bonchev–Trinajstić information content (AvgIpc) is 3.09. The van der Waals surface area contributed by atoms with Crippen molar-refractivity contribution in [2.24, 2.45) is 0 Å². The molecule has 0 bridgehead atoms. The molecule has 31 heavy (non-hydrogen) atoms. The van der Waals surface area contributed by atoms with E-state index in [0.29, 0.717) is 49.8 Å². The Morgan fingerprint density at radius 3 is 2.52 bits per heavy atom. The fourth-order valence-corrected chi connectivity index (χ4v) is 3.85. The molecule has 4 rings (SSSR count). The van der Waals surface area contributed by atoms with E-state index in [0.717, 1.165) is 23.1 Å². The van der Waals surface area contributed by atoms with Gasteiger partial charge in [0.25, 0.3) is 5.91 Å². The second kappa shape index (κ2) is 8.17. The molecule has 0 saturated carbocycles. The van der Waals surface area contributed by atoms with Crippen LogP contribution in [0.25, 0.3) is 11.0 Å². The van der Waals surface area contributed by atoms with Crippen molar-refractivity contribution >= 4 is 22.6 Å². The van der Waals surface area contributed by atoms with Crippen LogP contribution in [0.4, 0.5) is 18.9 Å². The number of piperazine rings is 1. The van der Waals surface area contributed by atoms with E-state index in [4.69, 9.17) is 9.15 Å². The lowest BCUT2D eigenvalue weighted by Gasteiger charge is -2.36. The number of carbonyl (C=O) groups is 1. The van der Waals surface area contributed by atoms with Crippen molar-refractivity contribution in [2.45, 2.75) is 20.0 Å². The molecule has 1 fully saturated rings. The summed E-state index contributed by atoms with van der Waals surface area (Å²) in [5.74, 6) is 0.791. The Labute approximate surface area is 178 Å². The number of aryl methyl sites for hydroxylation is 1. The smallest absolute Gasteiger partial charge is 0.416 e. The third kappa shape index (κ3) is 4.19. The van der Waals surface area contributed by atoms with Gasteiger partial charge in [0.2, 0.25) is 0 Å². The van der Waals surface area contributed by atoms with Crippen LogP contribution in [0.3, 0.4) is 0 Å². The Morgan fingerprint density at radius 2 is 1.84 bits per heavy atom. The van der Waals surface area contributed by atoms with Crippen molar-refractivity contribution in [2.75, 3.05) is 37.7 Å². The highest BCUT2D eigenvalue weighted by Crippen LogP contribution is 2.33. The zero-order valence-corrected chi connectivity index (χ0v) is 17.3. The molecule has 0 atom stereocenters. The van der Waals surface area contributed by atoms with Gasteiger partial charge in [0.05, 0.1) is 12.2 Å². The van der Waals surface area contributed by atoms with Gasteiger partial charge in [-0.15, -0.1) is 0 Å². The van der Waals surface area contributed by atoms with Crippen molar-refractivity contribution < 1.29 is 27.1 Å². The highest BCUT2D eigenvalue weighted by Gasteiger charge is 2.32. The van der Waals surface area contributed by atoms with Gasteiger partial charge in [-0.1, -0.05) is 6.07 Å². The van der Waals surface area contributed by atoms with Crippen molar-refractivity contribution in [1.29, 1.82) is 0 Å². The summed E-state index contributed by atoms with van der Waals surface area (Å²) < 4.78 is 50.3. The predicted octanol–water partition coefficient (Wildman–Crippen LogP) is 5.12. The molecule has 8 heteroatoms. The quantitative estimate of drug-likeness (QED) is 0.574. The van der Waals surface area contributed by atoms with E-state index in [1.807, 2.05) is 24.8 Å². The van der Waals surface area contributed by atoms with E-state index in [1.54, 1.807) is 23.1 Å². The summed E-state index contributed by atoms with van der Waals surface area (Å²) >= 11 is 0. The topological polar surface area (TPSA) is 45.9 Å². The molecule has 1 amide bonds. The van der Waals surface area contributed by atoms with Gasteiger partial charge in [-0.25, -0.2) is 0 Å². The van der Waals surface area contributed by atoms with Crippen LogP contribution in [-0.2, 0) is 6.18 Å². The van der Waals surface area contributed by atoms with E-state index in [1.165, 1.54) is 6.07 Å². The molecule has 0 N–H and O–H groups in total. The molecular formula is C23H23F3N2O3. The van der Waals surface area contributed by atoms with E-state index >= 15 is 0 Å². The molecule has 0 aliphatic carbocycles. The molecule has 0 radical (unpaired) electrons. The van der Waals surface area contributed by atoms with Gasteiger partial charge in [0.15, 0.2) is 5.76 Å². The first kappa shape index (κ1) is 21.1. The number of hydrogen-bond donors (Lipinski definition) is 0. The van der Waals surface area contributed by atoms with Crippen LogP contribution in [0.5, 0.6) is 5.75 Å². The second-order valence-corrected chi connectivity index (χ2v) is 7.47. The summed E-state index contributed by atoms with van der Waals surface area (Å²) in [6.45, 7) is 5.98. The zero-order valence-electron chi connectivity index (χ0n) is 17.3. The van der Waals surface area contributed by atoms with Crippen molar-refractivity contribution in [3.63, 3.8) is 0 Å². The Balaban J connectivity index is 1.48. The molecule has 3 aromatic rings. The summed E-state index contributed by atoms with van der Waals surface area (Å²) in [6, 6.07) is 10.7. The lowest BCUT2D eigenvalue weighted by atomic mass is 10.1. The first-order chi connectivity index (χ1) is 14.8. The number of alkyl halides is 3. The molecule has 164 valence electrons. The number of furan rings is 1. The molecule has 0 spiro atoms. The van der Waals surface area contributed by atoms with Gasteiger partial charge in [-0.05, 0) is 50.2 Å². The molecule has 0 unspecified atom stereocenters. The predicted molar refractivity (Wildman–Crippen MR) is 112 cm³/mol. The summed E-state index contributed by atoms with van der Waals surface area (Å²) in [4.78, 5) is 16.6. The third-order valence-electron chi connectivity index (χ3n) is 5.52. The molecule has 2 aromatic carbocycles. The lowest BCUT2D eigenvalue weighted by Crippen LogP contribution is -2.48. The highest BCUT2D eigenvalue weighted by atomic mass is 19.4. The van der Waals surface area contributed by atoms with Crippen molar-refractivity contribution in [1.82, 2.24) is 4.90 Å². The number of fused-ring (bicyclic) bond motifs is 1. The fourth-order valence-electron chi connectivity index (χ4n) is 3.85. The minimum absolute atomic E-state index is 0.213. The summed E-state index contributed by atoms with van der Waals surface area (Å²) in [5.41, 5.74) is 1.20. The number of nitrogens with zero attached hydrogens (tertiary/aromatic N) is 2. The Kier molecular flexibility index (Phi) is 5.56. The number of hydrogen-bond acceptors (Lipinski definition) is 4. The molecule has 1 aliphatic heterocycles. The third-order valence-corrected chi connectivity index (χ3v) is 5.52. The maximum Gasteiger partial charge on any atom is 0.416 e.